The highest BCUT2D eigenvalue weighted by Gasteiger charge is 2.48. The van der Waals surface area contributed by atoms with Gasteiger partial charge in [0.15, 0.2) is 34.7 Å². The van der Waals surface area contributed by atoms with E-state index in [1.807, 2.05) is 72.8 Å². The second kappa shape index (κ2) is 23.0. The van der Waals surface area contributed by atoms with Gasteiger partial charge in [-0.15, -0.1) is 0 Å². The lowest BCUT2D eigenvalue weighted by molar-refractivity contribution is -0.119. The normalized spacial score (nSPS) is 18.5. The first kappa shape index (κ1) is 51.6. The summed E-state index contributed by atoms with van der Waals surface area (Å²) in [7, 11) is 2.89. The lowest BCUT2D eigenvalue weighted by atomic mass is 9.79. The van der Waals surface area contributed by atoms with Gasteiger partial charge < -0.3 is 43.2 Å². The molecule has 0 bridgehead atoms. The molecule has 0 spiro atoms. The number of amides is 2. The number of carbonyl (C=O) groups excluding carboxylic acids is 2. The van der Waals surface area contributed by atoms with Crippen molar-refractivity contribution in [1.82, 2.24) is 24.2 Å². The highest BCUT2D eigenvalue weighted by Crippen LogP contribution is 2.51. The Bertz CT molecular complexity index is 2510. The van der Waals surface area contributed by atoms with E-state index in [4.69, 9.17) is 32.7 Å². The zero-order valence-electron chi connectivity index (χ0n) is 40.5. The number of carbonyl (C=O) groups is 2. The standard InChI is InChI=1S/C49H63N8O10P/c1-29(2)45(59)52-43-40-44(54-48(53-43)55-46(60)30(3)4)56(28-51-40)47-42(63-11)41(58)39(66-47)27-64-49(33-16-13-12-14-17-33,34-18-21-36(61-9)22-19-34)35-20-23-37(62-10)38(26-35)67-68(65-25-15-24-50)57(31(5)6)32(7)8/h12-14,16-23,26,28-32,39,41-42,47,58H,15,25,27H2,1-11H3,(H2,52,53,54,55,59,60)/t39-,41-,42-,47-,49?,68?/m1/s1. The van der Waals surface area contributed by atoms with Crippen LogP contribution in [0, 0.1) is 23.2 Å². The molecule has 1 aliphatic heterocycles. The second-order valence-corrected chi connectivity index (χ2v) is 18.7. The molecule has 6 atom stereocenters. The monoisotopic (exact) mass is 954 g/mol. The lowest BCUT2D eigenvalue weighted by Gasteiger charge is -2.38. The highest BCUT2D eigenvalue weighted by atomic mass is 31.2. The topological polar surface area (TPSA) is 214 Å². The van der Waals surface area contributed by atoms with Crippen LogP contribution < -0.4 is 24.6 Å². The number of nitrogens with zero attached hydrogens (tertiary/aromatic N) is 6. The van der Waals surface area contributed by atoms with Gasteiger partial charge in [-0.25, -0.2) is 9.65 Å². The van der Waals surface area contributed by atoms with Gasteiger partial charge in [-0.05, 0) is 68.7 Å². The van der Waals surface area contributed by atoms with Crippen LogP contribution in [0.2, 0.25) is 0 Å². The average Bonchev–Trinajstić information content (AvgIpc) is 3.89. The van der Waals surface area contributed by atoms with Gasteiger partial charge in [0.05, 0.1) is 46.3 Å². The number of imidazole rings is 1. The number of aliphatic hydroxyl groups excluding tert-OH is 1. The third kappa shape index (κ3) is 11.2. The Kier molecular flexibility index (Phi) is 17.5. The van der Waals surface area contributed by atoms with E-state index in [0.29, 0.717) is 22.8 Å². The van der Waals surface area contributed by atoms with Crippen molar-refractivity contribution in [2.45, 2.75) is 104 Å². The highest BCUT2D eigenvalue weighted by molar-refractivity contribution is 7.45. The molecule has 3 N–H and O–H groups in total. The third-order valence-electron chi connectivity index (χ3n) is 11.4. The molecule has 0 aliphatic carbocycles. The molecule has 68 heavy (non-hydrogen) atoms. The molecule has 0 radical (unpaired) electrons. The third-order valence-corrected chi connectivity index (χ3v) is 13.4. The number of nitriles is 1. The van der Waals surface area contributed by atoms with Crippen LogP contribution in [0.3, 0.4) is 0 Å². The summed E-state index contributed by atoms with van der Waals surface area (Å²) in [6.45, 7) is 15.2. The van der Waals surface area contributed by atoms with Gasteiger partial charge in [0.2, 0.25) is 17.8 Å². The number of rotatable bonds is 22. The largest absolute Gasteiger partial charge is 0.497 e. The quantitative estimate of drug-likeness (QED) is 0.0341. The van der Waals surface area contributed by atoms with Crippen molar-refractivity contribution in [2.75, 3.05) is 45.2 Å². The number of aromatic nitrogens is 4. The van der Waals surface area contributed by atoms with E-state index in [2.05, 4.69) is 64.0 Å². The van der Waals surface area contributed by atoms with Crippen molar-refractivity contribution < 1.29 is 47.4 Å². The average molecular weight is 955 g/mol. The van der Waals surface area contributed by atoms with E-state index in [1.54, 1.807) is 46.5 Å². The number of anilines is 2. The van der Waals surface area contributed by atoms with Crippen LogP contribution in [-0.4, -0.2) is 106 Å². The Morgan fingerprint density at radius 3 is 2.12 bits per heavy atom. The van der Waals surface area contributed by atoms with Gasteiger partial charge in [-0.2, -0.15) is 15.2 Å². The summed E-state index contributed by atoms with van der Waals surface area (Å²) < 4.78 is 48.2. The minimum atomic E-state index is -1.74. The number of methoxy groups -OCH3 is 3. The first-order valence-corrected chi connectivity index (χ1v) is 23.7. The van der Waals surface area contributed by atoms with E-state index in [1.165, 1.54) is 13.4 Å². The van der Waals surface area contributed by atoms with Crippen LogP contribution in [0.1, 0.15) is 84.7 Å². The molecule has 3 heterocycles. The summed E-state index contributed by atoms with van der Waals surface area (Å²) in [6.07, 6.45) is -2.55. The summed E-state index contributed by atoms with van der Waals surface area (Å²) in [5, 5.41) is 27.0. The molecule has 364 valence electrons. The molecule has 0 saturated carbocycles. The van der Waals surface area contributed by atoms with Gasteiger partial charge in [0.25, 0.3) is 0 Å². The van der Waals surface area contributed by atoms with Gasteiger partial charge in [0.1, 0.15) is 29.7 Å². The fourth-order valence-electron chi connectivity index (χ4n) is 7.89. The summed E-state index contributed by atoms with van der Waals surface area (Å²) in [5.74, 6) is 0.0963. The van der Waals surface area contributed by atoms with Gasteiger partial charge >= 0.3 is 8.53 Å². The Morgan fingerprint density at radius 1 is 0.868 bits per heavy atom. The molecule has 2 amide bonds. The van der Waals surface area contributed by atoms with Crippen molar-refractivity contribution in [3.63, 3.8) is 0 Å². The van der Waals surface area contributed by atoms with Crippen LogP contribution in [-0.2, 0) is 33.9 Å². The zero-order chi connectivity index (χ0) is 49.3. The van der Waals surface area contributed by atoms with E-state index < -0.39 is 38.7 Å². The summed E-state index contributed by atoms with van der Waals surface area (Å²) >= 11 is 0. The van der Waals surface area contributed by atoms with E-state index in [0.717, 1.165) is 11.1 Å². The van der Waals surface area contributed by atoms with Crippen LogP contribution in [0.5, 0.6) is 17.2 Å². The van der Waals surface area contributed by atoms with Crippen LogP contribution in [0.4, 0.5) is 11.8 Å². The molecular weight excluding hydrogens is 892 g/mol. The molecule has 1 fully saturated rings. The molecule has 2 unspecified atom stereocenters. The van der Waals surface area contributed by atoms with Crippen LogP contribution in [0.15, 0.2) is 79.1 Å². The number of nitrogens with one attached hydrogen (secondary N) is 2. The van der Waals surface area contributed by atoms with Gasteiger partial charge in [-0.1, -0.05) is 76.2 Å². The first-order chi connectivity index (χ1) is 32.6. The molecular formula is C49H63N8O10P. The minimum Gasteiger partial charge on any atom is -0.497 e. The minimum absolute atomic E-state index is 0.0364. The number of aliphatic hydroxyl groups is 1. The summed E-state index contributed by atoms with van der Waals surface area (Å²) in [5.41, 5.74) is 1.18. The Morgan fingerprint density at radius 2 is 1.51 bits per heavy atom. The Hall–Kier alpha value is -5.77. The predicted octanol–water partition coefficient (Wildman–Crippen LogP) is 7.97. The Labute approximate surface area is 399 Å². The maximum atomic E-state index is 12.9. The van der Waals surface area contributed by atoms with Crippen molar-refractivity contribution >= 4 is 43.3 Å². The molecule has 18 nitrogen and oxygen atoms in total. The smallest absolute Gasteiger partial charge is 0.321 e. The summed E-state index contributed by atoms with van der Waals surface area (Å²) in [4.78, 5) is 39.4. The van der Waals surface area contributed by atoms with E-state index in [-0.39, 0.29) is 78.3 Å². The maximum Gasteiger partial charge on any atom is 0.321 e. The van der Waals surface area contributed by atoms with E-state index >= 15 is 0 Å². The maximum absolute atomic E-state index is 12.9. The lowest BCUT2D eigenvalue weighted by Crippen LogP contribution is -2.40. The number of hydrogen-bond donors (Lipinski definition) is 3. The van der Waals surface area contributed by atoms with Crippen molar-refractivity contribution in [3.8, 4) is 23.3 Å². The van der Waals surface area contributed by atoms with Crippen molar-refractivity contribution in [1.29, 1.82) is 5.26 Å². The number of benzene rings is 3. The SMILES string of the molecule is COc1ccc(C(OC[C@H]2O[C@@H](n3cnc4c(NC(=O)C(C)C)nc(NC(=O)C(C)C)nc43)[C@H](OC)[C@@H]2O)(c2ccccc2)c2ccc(OC)c(OP(OCCC#N)N(C(C)C)C(C)C)c2)cc1. The number of ether oxygens (including phenoxy) is 5. The van der Waals surface area contributed by atoms with Crippen molar-refractivity contribution in [2.24, 2.45) is 11.8 Å². The van der Waals surface area contributed by atoms with Crippen LogP contribution >= 0.6 is 8.53 Å². The number of hydrogen-bond acceptors (Lipinski definition) is 15. The molecule has 1 saturated heterocycles. The second-order valence-electron chi connectivity index (χ2n) is 17.4. The molecule has 19 heteroatoms. The van der Waals surface area contributed by atoms with Gasteiger partial charge in [0, 0.05) is 31.0 Å². The zero-order valence-corrected chi connectivity index (χ0v) is 41.4. The molecule has 5 aromatic rings. The molecule has 3 aromatic carbocycles. The molecule has 2 aromatic heterocycles. The Balaban J connectivity index is 1.45. The van der Waals surface area contributed by atoms with Crippen molar-refractivity contribution in [3.05, 3.63) is 95.8 Å². The molecule has 6 rings (SSSR count). The fourth-order valence-corrected chi connectivity index (χ4v) is 9.48. The summed E-state index contributed by atoms with van der Waals surface area (Å²) in [6, 6.07) is 25.0. The molecule has 1 aliphatic rings. The van der Waals surface area contributed by atoms with E-state index in [9.17, 15) is 20.0 Å². The number of fused-ring (bicyclic) bond motifs is 1. The first-order valence-electron chi connectivity index (χ1n) is 22.6. The van der Waals surface area contributed by atoms with Crippen LogP contribution in [0.25, 0.3) is 11.2 Å². The fraction of sp³-hybridized carbons (Fsp3) is 0.469. The predicted molar refractivity (Wildman–Crippen MR) is 257 cm³/mol. The van der Waals surface area contributed by atoms with Gasteiger partial charge in [-0.3, -0.25) is 19.5 Å².